The molecule has 0 amide bonds. The molecule has 0 aliphatic rings. The molecule has 0 spiro atoms. The fourth-order valence-corrected chi connectivity index (χ4v) is 8.94. The molecule has 266 valence electrons. The van der Waals surface area contributed by atoms with Gasteiger partial charge in [-0.2, -0.15) is 0 Å². The zero-order valence-corrected chi connectivity index (χ0v) is 31.3. The Bertz CT molecular complexity index is 3290. The van der Waals surface area contributed by atoms with Crippen molar-refractivity contribution in [1.29, 1.82) is 0 Å². The van der Waals surface area contributed by atoms with E-state index in [4.69, 9.17) is 0 Å². The Hall–Kier alpha value is -7.48. The lowest BCUT2D eigenvalue weighted by Gasteiger charge is -2.29. The molecule has 0 saturated carbocycles. The molecular formula is C56H37N. The van der Waals surface area contributed by atoms with Crippen molar-refractivity contribution in [3.05, 3.63) is 224 Å². The molecule has 0 bridgehead atoms. The van der Waals surface area contributed by atoms with Gasteiger partial charge in [0.25, 0.3) is 0 Å². The largest absolute Gasteiger partial charge is 0.310 e. The van der Waals surface area contributed by atoms with Gasteiger partial charge in [-0.1, -0.05) is 194 Å². The molecule has 11 rings (SSSR count). The van der Waals surface area contributed by atoms with Crippen molar-refractivity contribution in [1.82, 2.24) is 0 Å². The number of hydrogen-bond acceptors (Lipinski definition) is 1. The molecule has 57 heavy (non-hydrogen) atoms. The Morgan fingerprint density at radius 1 is 0.228 bits per heavy atom. The van der Waals surface area contributed by atoms with Crippen LogP contribution in [0.4, 0.5) is 17.1 Å². The molecule has 0 heterocycles. The van der Waals surface area contributed by atoms with Gasteiger partial charge in [-0.15, -0.1) is 0 Å². The predicted molar refractivity (Wildman–Crippen MR) is 245 cm³/mol. The third-order valence-corrected chi connectivity index (χ3v) is 11.6. The van der Waals surface area contributed by atoms with Crippen molar-refractivity contribution in [2.45, 2.75) is 0 Å². The first-order valence-electron chi connectivity index (χ1n) is 19.7. The number of benzene rings is 11. The average Bonchev–Trinajstić information content (AvgIpc) is 3.29. The van der Waals surface area contributed by atoms with Crippen LogP contribution in [0, 0.1) is 0 Å². The van der Waals surface area contributed by atoms with Crippen LogP contribution in [0.1, 0.15) is 0 Å². The van der Waals surface area contributed by atoms with Crippen molar-refractivity contribution in [2.75, 3.05) is 4.90 Å². The highest BCUT2D eigenvalue weighted by molar-refractivity contribution is 6.20. The lowest BCUT2D eigenvalue weighted by molar-refractivity contribution is 1.29. The SMILES string of the molecule is c1ccc(-c2cc(N(c3ccc4ccc5ccccc5c4c3)c3ccccc3-c3ccccc3)ccc2-c2cccc3c2ccc2c4ccccc4ccc32)cc1. The van der Waals surface area contributed by atoms with Crippen LogP contribution in [-0.4, -0.2) is 0 Å². The minimum atomic E-state index is 1.10. The van der Waals surface area contributed by atoms with Gasteiger partial charge in [0, 0.05) is 16.9 Å². The first-order chi connectivity index (χ1) is 28.3. The van der Waals surface area contributed by atoms with Crippen LogP contribution in [0.3, 0.4) is 0 Å². The van der Waals surface area contributed by atoms with Crippen LogP contribution in [0.25, 0.3) is 87.2 Å². The van der Waals surface area contributed by atoms with E-state index in [-0.39, 0.29) is 0 Å². The Kier molecular flexibility index (Phi) is 7.89. The smallest absolute Gasteiger partial charge is 0.0540 e. The highest BCUT2D eigenvalue weighted by atomic mass is 15.1. The third kappa shape index (κ3) is 5.63. The molecule has 1 nitrogen and oxygen atoms in total. The zero-order valence-electron chi connectivity index (χ0n) is 31.3. The average molecular weight is 724 g/mol. The van der Waals surface area contributed by atoms with Crippen LogP contribution in [-0.2, 0) is 0 Å². The predicted octanol–water partition coefficient (Wildman–Crippen LogP) is 15.9. The summed E-state index contributed by atoms with van der Waals surface area (Å²) >= 11 is 0. The monoisotopic (exact) mass is 723 g/mol. The van der Waals surface area contributed by atoms with Crippen molar-refractivity contribution in [2.24, 2.45) is 0 Å². The molecule has 0 radical (unpaired) electrons. The minimum Gasteiger partial charge on any atom is -0.310 e. The molecule has 0 fully saturated rings. The second-order valence-electron chi connectivity index (χ2n) is 14.9. The van der Waals surface area contributed by atoms with Crippen molar-refractivity contribution < 1.29 is 0 Å². The molecule has 0 unspecified atom stereocenters. The van der Waals surface area contributed by atoms with Gasteiger partial charge in [-0.25, -0.2) is 0 Å². The molecule has 11 aromatic rings. The fraction of sp³-hybridized carbons (Fsp3) is 0. The standard InChI is InChI=1S/C56H37N/c1-3-14-38(15-4-1)47-22-11-12-25-56(47)57(43-30-28-42-27-26-40-18-8-10-21-46(40)54(42)36-43)44-31-33-53(55(37-44)39-16-5-2-6-17-39)49-24-13-23-48-51-32-29-41-19-7-9-20-45(41)50(51)34-35-52(48)49/h1-37H. The molecule has 0 atom stereocenters. The zero-order chi connectivity index (χ0) is 37.7. The first kappa shape index (κ1) is 32.9. The molecule has 0 aliphatic carbocycles. The van der Waals surface area contributed by atoms with E-state index >= 15 is 0 Å². The maximum Gasteiger partial charge on any atom is 0.0540 e. The quantitative estimate of drug-likeness (QED) is 0.154. The van der Waals surface area contributed by atoms with Gasteiger partial charge >= 0.3 is 0 Å². The molecule has 0 N–H and O–H groups in total. The number of nitrogens with zero attached hydrogens (tertiary/aromatic N) is 1. The summed E-state index contributed by atoms with van der Waals surface area (Å²) in [5.41, 5.74) is 10.5. The van der Waals surface area contributed by atoms with Gasteiger partial charge in [-0.05, 0) is 112 Å². The van der Waals surface area contributed by atoms with Gasteiger partial charge in [-0.3, -0.25) is 0 Å². The number of anilines is 3. The summed E-state index contributed by atoms with van der Waals surface area (Å²) in [6, 6.07) is 82.2. The van der Waals surface area contributed by atoms with Gasteiger partial charge in [0.05, 0.1) is 5.69 Å². The molecule has 0 aromatic heterocycles. The molecular weight excluding hydrogens is 687 g/mol. The van der Waals surface area contributed by atoms with Crippen molar-refractivity contribution in [3.63, 3.8) is 0 Å². The van der Waals surface area contributed by atoms with Crippen LogP contribution in [0.15, 0.2) is 224 Å². The van der Waals surface area contributed by atoms with E-state index < -0.39 is 0 Å². The number of hydrogen-bond donors (Lipinski definition) is 0. The fourth-order valence-electron chi connectivity index (χ4n) is 8.94. The van der Waals surface area contributed by atoms with Gasteiger partial charge in [0.2, 0.25) is 0 Å². The normalized spacial score (nSPS) is 11.5. The number of rotatable bonds is 6. The Balaban J connectivity index is 1.16. The summed E-state index contributed by atoms with van der Waals surface area (Å²) in [5.74, 6) is 0. The van der Waals surface area contributed by atoms with Crippen LogP contribution in [0.2, 0.25) is 0 Å². The topological polar surface area (TPSA) is 3.24 Å². The molecule has 1 heteroatoms. The Labute approximate surface area is 332 Å². The van der Waals surface area contributed by atoms with Crippen LogP contribution < -0.4 is 4.90 Å². The van der Waals surface area contributed by atoms with Gasteiger partial charge in [0.15, 0.2) is 0 Å². The molecule has 11 aromatic carbocycles. The van der Waals surface area contributed by atoms with Crippen molar-refractivity contribution >= 4 is 70.9 Å². The van der Waals surface area contributed by atoms with Crippen molar-refractivity contribution in [3.8, 4) is 33.4 Å². The van der Waals surface area contributed by atoms with E-state index in [0.717, 1.165) is 17.1 Å². The first-order valence-corrected chi connectivity index (χ1v) is 19.7. The lowest BCUT2D eigenvalue weighted by atomic mass is 9.89. The Morgan fingerprint density at radius 3 is 1.47 bits per heavy atom. The van der Waals surface area contributed by atoms with E-state index in [1.165, 1.54) is 87.2 Å². The lowest BCUT2D eigenvalue weighted by Crippen LogP contribution is -2.11. The summed E-state index contributed by atoms with van der Waals surface area (Å²) in [5, 5.41) is 12.6. The molecule has 0 saturated heterocycles. The molecule has 0 aliphatic heterocycles. The maximum atomic E-state index is 2.45. The van der Waals surface area contributed by atoms with Crippen LogP contribution >= 0.6 is 0 Å². The van der Waals surface area contributed by atoms with E-state index in [9.17, 15) is 0 Å². The van der Waals surface area contributed by atoms with E-state index in [0.29, 0.717) is 0 Å². The second-order valence-corrected chi connectivity index (χ2v) is 14.9. The number of para-hydroxylation sites is 1. The summed E-state index contributed by atoms with van der Waals surface area (Å²) in [4.78, 5) is 2.45. The maximum absolute atomic E-state index is 2.45. The number of fused-ring (bicyclic) bond motifs is 8. The summed E-state index contributed by atoms with van der Waals surface area (Å²) in [6.07, 6.45) is 0. The van der Waals surface area contributed by atoms with E-state index in [1.807, 2.05) is 0 Å². The van der Waals surface area contributed by atoms with E-state index in [2.05, 4.69) is 229 Å². The van der Waals surface area contributed by atoms with Gasteiger partial charge in [0.1, 0.15) is 0 Å². The highest BCUT2D eigenvalue weighted by Gasteiger charge is 2.21. The van der Waals surface area contributed by atoms with Gasteiger partial charge < -0.3 is 4.90 Å². The van der Waals surface area contributed by atoms with E-state index in [1.54, 1.807) is 0 Å². The summed E-state index contributed by atoms with van der Waals surface area (Å²) < 4.78 is 0. The minimum absolute atomic E-state index is 1.10. The Morgan fingerprint density at radius 2 is 0.702 bits per heavy atom. The second kappa shape index (κ2) is 13.7. The van der Waals surface area contributed by atoms with Crippen LogP contribution in [0.5, 0.6) is 0 Å². The summed E-state index contributed by atoms with van der Waals surface area (Å²) in [7, 11) is 0. The third-order valence-electron chi connectivity index (χ3n) is 11.6. The summed E-state index contributed by atoms with van der Waals surface area (Å²) in [6.45, 7) is 0. The highest BCUT2D eigenvalue weighted by Crippen LogP contribution is 2.46.